The van der Waals surface area contributed by atoms with Gasteiger partial charge in [0.05, 0.1) is 35.1 Å². The predicted molar refractivity (Wildman–Crippen MR) is 124 cm³/mol. The Bertz CT molecular complexity index is 1270. The fourth-order valence-electron chi connectivity index (χ4n) is 4.57. The maximum absolute atomic E-state index is 15.2. The molecule has 2 aliphatic rings. The van der Waals surface area contributed by atoms with E-state index in [4.69, 9.17) is 21.1 Å². The molecule has 2 fully saturated rings. The Morgan fingerprint density at radius 1 is 1.29 bits per heavy atom. The minimum atomic E-state index is -1.65. The summed E-state index contributed by atoms with van der Waals surface area (Å²) in [7, 11) is 0. The summed E-state index contributed by atoms with van der Waals surface area (Å²) < 4.78 is 42.3. The normalized spacial score (nSPS) is 26.6. The molecule has 2 aromatic heterocycles. The number of aliphatic hydroxyl groups is 2. The Labute approximate surface area is 205 Å². The van der Waals surface area contributed by atoms with Crippen molar-refractivity contribution >= 4 is 28.6 Å². The van der Waals surface area contributed by atoms with Gasteiger partial charge in [-0.2, -0.15) is 0 Å². The van der Waals surface area contributed by atoms with Gasteiger partial charge in [-0.05, 0) is 39.8 Å². The summed E-state index contributed by atoms with van der Waals surface area (Å²) in [5.41, 5.74) is -0.154. The lowest BCUT2D eigenvalue weighted by atomic mass is 9.99. The summed E-state index contributed by atoms with van der Waals surface area (Å²) in [4.78, 5) is 12.9. The number of ether oxygens (including phenoxy) is 2. The van der Waals surface area contributed by atoms with Crippen LogP contribution < -0.4 is 5.32 Å². The molecule has 2 aliphatic heterocycles. The zero-order chi connectivity index (χ0) is 25.2. The molecular formula is C23H26ClF2N5O4. The van der Waals surface area contributed by atoms with Gasteiger partial charge in [-0.3, -0.25) is 0 Å². The van der Waals surface area contributed by atoms with Gasteiger partial charge in [0.25, 0.3) is 0 Å². The fraction of sp³-hybridized carbons (Fsp3) is 0.522. The van der Waals surface area contributed by atoms with Crippen LogP contribution in [0.1, 0.15) is 39.6 Å². The van der Waals surface area contributed by atoms with Gasteiger partial charge in [-0.25, -0.2) is 23.7 Å². The maximum atomic E-state index is 15.2. The van der Waals surface area contributed by atoms with Crippen molar-refractivity contribution in [2.45, 2.75) is 70.0 Å². The molecule has 0 aliphatic carbocycles. The van der Waals surface area contributed by atoms with Crippen molar-refractivity contribution in [1.82, 2.24) is 19.5 Å². The van der Waals surface area contributed by atoms with Crippen LogP contribution in [0.5, 0.6) is 0 Å². The highest BCUT2D eigenvalue weighted by atomic mass is 35.5. The van der Waals surface area contributed by atoms with Crippen LogP contribution >= 0.6 is 11.6 Å². The minimum absolute atomic E-state index is 0.00690. The third kappa shape index (κ3) is 4.15. The number of anilines is 1. The molecule has 9 nitrogen and oxygen atoms in total. The molecule has 5 atom stereocenters. The van der Waals surface area contributed by atoms with Crippen LogP contribution in [0, 0.1) is 5.82 Å². The molecule has 0 spiro atoms. The smallest absolute Gasteiger partial charge is 0.223 e. The molecule has 2 saturated heterocycles. The second-order valence-corrected chi connectivity index (χ2v) is 10.1. The van der Waals surface area contributed by atoms with Gasteiger partial charge in [0.1, 0.15) is 29.2 Å². The van der Waals surface area contributed by atoms with E-state index >= 15 is 4.39 Å². The lowest BCUT2D eigenvalue weighted by Gasteiger charge is -2.34. The van der Waals surface area contributed by atoms with E-state index in [1.807, 2.05) is 13.8 Å². The quantitative estimate of drug-likeness (QED) is 0.480. The van der Waals surface area contributed by atoms with Crippen LogP contribution in [0.2, 0.25) is 5.02 Å². The van der Waals surface area contributed by atoms with Gasteiger partial charge in [-0.15, -0.1) is 0 Å². The second kappa shape index (κ2) is 8.59. The first kappa shape index (κ1) is 24.3. The van der Waals surface area contributed by atoms with Crippen LogP contribution in [0.25, 0.3) is 22.3 Å². The van der Waals surface area contributed by atoms with Crippen molar-refractivity contribution in [1.29, 1.82) is 0 Å². The van der Waals surface area contributed by atoms with Crippen LogP contribution in [-0.4, -0.2) is 67.1 Å². The first-order valence-corrected chi connectivity index (χ1v) is 11.7. The topological polar surface area (TPSA) is 115 Å². The number of hydrogen-bond acceptors (Lipinski definition) is 8. The third-order valence-electron chi connectivity index (χ3n) is 6.21. The molecule has 1 aromatic carbocycles. The fourth-order valence-corrected chi connectivity index (χ4v) is 4.77. The monoisotopic (exact) mass is 509 g/mol. The molecule has 12 heteroatoms. The Morgan fingerprint density at radius 2 is 2.03 bits per heavy atom. The van der Waals surface area contributed by atoms with E-state index in [9.17, 15) is 14.6 Å². The van der Waals surface area contributed by atoms with E-state index in [2.05, 4.69) is 20.3 Å². The van der Waals surface area contributed by atoms with Crippen molar-refractivity contribution < 1.29 is 28.5 Å². The van der Waals surface area contributed by atoms with Gasteiger partial charge in [0.15, 0.2) is 18.3 Å². The zero-order valence-corrected chi connectivity index (χ0v) is 20.3. The van der Waals surface area contributed by atoms with Crippen molar-refractivity contribution in [2.75, 3.05) is 11.9 Å². The number of rotatable bonds is 5. The van der Waals surface area contributed by atoms with E-state index in [1.165, 1.54) is 12.3 Å². The third-order valence-corrected chi connectivity index (χ3v) is 6.49. The van der Waals surface area contributed by atoms with Gasteiger partial charge in [0.2, 0.25) is 5.95 Å². The number of aliphatic hydroxyl groups excluding tert-OH is 1. The Morgan fingerprint density at radius 3 is 2.71 bits per heavy atom. The highest BCUT2D eigenvalue weighted by molar-refractivity contribution is 6.33. The van der Waals surface area contributed by atoms with E-state index in [-0.39, 0.29) is 34.8 Å². The summed E-state index contributed by atoms with van der Waals surface area (Å²) in [6.07, 6.45) is -3.25. The maximum Gasteiger partial charge on any atom is 0.223 e. The minimum Gasteiger partial charge on any atom is -0.388 e. The molecule has 0 radical (unpaired) electrons. The number of alkyl halides is 1. The summed E-state index contributed by atoms with van der Waals surface area (Å²) >= 11 is 6.37. The number of nitrogens with zero attached hydrogens (tertiary/aromatic N) is 4. The first-order chi connectivity index (χ1) is 16.5. The molecule has 5 rings (SSSR count). The summed E-state index contributed by atoms with van der Waals surface area (Å²) in [5.74, 6) is -0.273. The standard InChI is InChI=1S/C23H26ClF2N5O4/c1-9(2)31-13-6-10(5-12(25)17(13)28-21(31)23(3,4)33)16-11(24)7-27-22(29-16)30-18-15(26)20-34-8-14(35-20)19(18)32/h5-7,9,14-15,18-20,32-33H,8H2,1-4H3,(H,27,29,30)/t14-,15+,18?,19+,20-/m0/s1. The molecule has 0 saturated carbocycles. The van der Waals surface area contributed by atoms with Crippen molar-refractivity contribution in [3.8, 4) is 11.3 Å². The Hall–Kier alpha value is -2.44. The highest BCUT2D eigenvalue weighted by Gasteiger charge is 2.51. The molecule has 3 N–H and O–H groups in total. The van der Waals surface area contributed by atoms with Crippen molar-refractivity contribution in [3.63, 3.8) is 0 Å². The summed E-state index contributed by atoms with van der Waals surface area (Å²) in [6.45, 7) is 7.08. The molecule has 0 amide bonds. The molecule has 1 unspecified atom stereocenters. The van der Waals surface area contributed by atoms with E-state index < -0.39 is 42.1 Å². The number of benzene rings is 1. The lowest BCUT2D eigenvalue weighted by Crippen LogP contribution is -2.55. The Balaban J connectivity index is 1.56. The van der Waals surface area contributed by atoms with E-state index in [1.54, 1.807) is 24.5 Å². The zero-order valence-electron chi connectivity index (χ0n) is 19.5. The predicted octanol–water partition coefficient (Wildman–Crippen LogP) is 3.33. The van der Waals surface area contributed by atoms with Crippen LogP contribution in [-0.2, 0) is 15.1 Å². The molecule has 35 heavy (non-hydrogen) atoms. The van der Waals surface area contributed by atoms with E-state index in [0.717, 1.165) is 0 Å². The van der Waals surface area contributed by atoms with Gasteiger partial charge in [-0.1, -0.05) is 11.6 Å². The SMILES string of the molecule is CC(C)n1c(C(C)(C)O)nc2c(F)cc(-c3nc(NC4[C@@H](F)[C@H]5OC[C@H](O5)[C@H]4O)ncc3Cl)cc21. The second-order valence-electron chi connectivity index (χ2n) is 9.66. The highest BCUT2D eigenvalue weighted by Crippen LogP contribution is 2.36. The number of imidazole rings is 1. The average Bonchev–Trinajstić information content (AvgIpc) is 3.40. The van der Waals surface area contributed by atoms with Crippen molar-refractivity contribution in [3.05, 3.63) is 35.0 Å². The molecule has 4 heterocycles. The average molecular weight is 510 g/mol. The van der Waals surface area contributed by atoms with Gasteiger partial charge < -0.3 is 29.6 Å². The number of hydrogen-bond donors (Lipinski definition) is 3. The largest absolute Gasteiger partial charge is 0.388 e. The molecular weight excluding hydrogens is 484 g/mol. The molecule has 3 aromatic rings. The number of aromatic nitrogens is 4. The van der Waals surface area contributed by atoms with Crippen LogP contribution in [0.4, 0.5) is 14.7 Å². The van der Waals surface area contributed by atoms with E-state index in [0.29, 0.717) is 16.9 Å². The Kier molecular flexibility index (Phi) is 5.96. The number of nitrogens with one attached hydrogen (secondary N) is 1. The number of fused-ring (bicyclic) bond motifs is 3. The van der Waals surface area contributed by atoms with Crippen LogP contribution in [0.15, 0.2) is 18.3 Å². The first-order valence-electron chi connectivity index (χ1n) is 11.3. The molecule has 188 valence electrons. The van der Waals surface area contributed by atoms with Gasteiger partial charge in [0, 0.05) is 11.6 Å². The summed E-state index contributed by atoms with van der Waals surface area (Å²) in [6, 6.07) is 1.75. The van der Waals surface area contributed by atoms with Crippen molar-refractivity contribution in [2.24, 2.45) is 0 Å². The lowest BCUT2D eigenvalue weighted by molar-refractivity contribution is -0.164. The van der Waals surface area contributed by atoms with Crippen LogP contribution in [0.3, 0.4) is 0 Å². The molecule has 2 bridgehead atoms. The number of halogens is 3. The van der Waals surface area contributed by atoms with Gasteiger partial charge >= 0.3 is 0 Å². The summed E-state index contributed by atoms with van der Waals surface area (Å²) in [5, 5.41) is 24.0.